The van der Waals surface area contributed by atoms with Gasteiger partial charge in [0.2, 0.25) is 0 Å². The standard InChI is InChI=1S/C19H13FN6S/c1-12-6-16(11-21-8-12)27-26-19-17(20)14(4-5-22-19)3-2-13-7-15-10-24-25-18(15)23-9-13/h4-11H,1H3,(H,22,26)(H,23,24,25). The Balaban J connectivity index is 1.55. The summed E-state index contributed by atoms with van der Waals surface area (Å²) in [6.07, 6.45) is 8.26. The Hall–Kier alpha value is -3.44. The number of pyridine rings is 3. The normalized spacial score (nSPS) is 10.4. The smallest absolute Gasteiger partial charge is 0.181 e. The maximum absolute atomic E-state index is 14.7. The molecule has 4 rings (SSSR count). The van der Waals surface area contributed by atoms with Gasteiger partial charge in [0, 0.05) is 40.6 Å². The van der Waals surface area contributed by atoms with Crippen molar-refractivity contribution in [2.75, 3.05) is 4.72 Å². The van der Waals surface area contributed by atoms with Gasteiger partial charge in [-0.25, -0.2) is 14.4 Å². The van der Waals surface area contributed by atoms with E-state index in [1.807, 2.05) is 19.1 Å². The van der Waals surface area contributed by atoms with E-state index in [0.717, 1.165) is 15.8 Å². The second-order valence-corrected chi connectivity index (χ2v) is 6.58. The molecule has 0 spiro atoms. The first-order valence-electron chi connectivity index (χ1n) is 7.99. The minimum absolute atomic E-state index is 0.122. The Morgan fingerprint density at radius 2 is 2.04 bits per heavy atom. The number of rotatable bonds is 3. The van der Waals surface area contributed by atoms with Crippen LogP contribution in [0.3, 0.4) is 0 Å². The van der Waals surface area contributed by atoms with Crippen molar-refractivity contribution in [3.05, 3.63) is 71.7 Å². The molecule has 4 heterocycles. The molecule has 0 bridgehead atoms. The lowest BCUT2D eigenvalue weighted by Crippen LogP contribution is -1.97. The molecule has 132 valence electrons. The number of aromatic nitrogens is 5. The molecule has 4 aromatic rings. The molecule has 2 N–H and O–H groups in total. The van der Waals surface area contributed by atoms with Crippen LogP contribution in [-0.4, -0.2) is 25.1 Å². The highest BCUT2D eigenvalue weighted by molar-refractivity contribution is 8.00. The van der Waals surface area contributed by atoms with Gasteiger partial charge in [-0.2, -0.15) is 5.10 Å². The van der Waals surface area contributed by atoms with Crippen molar-refractivity contribution >= 4 is 28.8 Å². The molecular formula is C19H13FN6S. The summed E-state index contributed by atoms with van der Waals surface area (Å²) < 4.78 is 17.6. The lowest BCUT2D eigenvalue weighted by atomic mass is 10.2. The van der Waals surface area contributed by atoms with Crippen LogP contribution in [0.4, 0.5) is 10.2 Å². The molecule has 0 saturated heterocycles. The van der Waals surface area contributed by atoms with E-state index >= 15 is 0 Å². The predicted molar refractivity (Wildman–Crippen MR) is 103 cm³/mol. The Labute approximate surface area is 158 Å². The SMILES string of the molecule is Cc1cncc(SNc2nccc(C#Cc3cnc4[nH]ncc4c3)c2F)c1. The van der Waals surface area contributed by atoms with Crippen LogP contribution >= 0.6 is 11.9 Å². The van der Waals surface area contributed by atoms with Crippen LogP contribution in [0, 0.1) is 24.6 Å². The summed E-state index contributed by atoms with van der Waals surface area (Å²) in [5, 5.41) is 7.54. The van der Waals surface area contributed by atoms with Gasteiger partial charge in [0.15, 0.2) is 17.3 Å². The zero-order valence-corrected chi connectivity index (χ0v) is 15.0. The van der Waals surface area contributed by atoms with Crippen molar-refractivity contribution in [3.8, 4) is 11.8 Å². The van der Waals surface area contributed by atoms with E-state index in [-0.39, 0.29) is 11.4 Å². The summed E-state index contributed by atoms with van der Waals surface area (Å²) >= 11 is 1.24. The van der Waals surface area contributed by atoms with Gasteiger partial charge in [-0.1, -0.05) is 11.8 Å². The third-order valence-corrected chi connectivity index (χ3v) is 4.39. The summed E-state index contributed by atoms with van der Waals surface area (Å²) in [4.78, 5) is 13.2. The van der Waals surface area contributed by atoms with Gasteiger partial charge in [-0.15, -0.1) is 0 Å². The van der Waals surface area contributed by atoms with E-state index in [4.69, 9.17) is 0 Å². The number of H-pyrrole nitrogens is 1. The molecular weight excluding hydrogens is 363 g/mol. The Morgan fingerprint density at radius 1 is 1.11 bits per heavy atom. The van der Waals surface area contributed by atoms with E-state index in [0.29, 0.717) is 11.2 Å². The van der Waals surface area contributed by atoms with Gasteiger partial charge in [0.25, 0.3) is 0 Å². The monoisotopic (exact) mass is 376 g/mol. The van der Waals surface area contributed by atoms with Crippen molar-refractivity contribution in [2.45, 2.75) is 11.8 Å². The van der Waals surface area contributed by atoms with Crippen LogP contribution in [0.5, 0.6) is 0 Å². The van der Waals surface area contributed by atoms with E-state index in [1.165, 1.54) is 24.2 Å². The first kappa shape index (κ1) is 17.0. The lowest BCUT2D eigenvalue weighted by Gasteiger charge is -2.06. The predicted octanol–water partition coefficient (Wildman–Crippen LogP) is 3.71. The molecule has 0 atom stereocenters. The summed E-state index contributed by atoms with van der Waals surface area (Å²) in [7, 11) is 0. The number of aryl methyl sites for hydroxylation is 1. The molecule has 0 aliphatic heterocycles. The average molecular weight is 376 g/mol. The molecule has 27 heavy (non-hydrogen) atoms. The van der Waals surface area contributed by atoms with Crippen molar-refractivity contribution < 1.29 is 4.39 Å². The highest BCUT2D eigenvalue weighted by Crippen LogP contribution is 2.23. The first-order valence-corrected chi connectivity index (χ1v) is 8.81. The lowest BCUT2D eigenvalue weighted by molar-refractivity contribution is 0.624. The number of nitrogens with one attached hydrogen (secondary N) is 2. The summed E-state index contributed by atoms with van der Waals surface area (Å²) in [5.74, 6) is 5.38. The van der Waals surface area contributed by atoms with Crippen LogP contribution < -0.4 is 4.72 Å². The van der Waals surface area contributed by atoms with Gasteiger partial charge in [-0.05, 0) is 42.6 Å². The first-order chi connectivity index (χ1) is 13.2. The van der Waals surface area contributed by atoms with Crippen LogP contribution in [0.15, 0.2) is 54.1 Å². The molecule has 0 aliphatic carbocycles. The third kappa shape index (κ3) is 3.88. The molecule has 0 unspecified atom stereocenters. The zero-order chi connectivity index (χ0) is 18.6. The number of hydrogen-bond acceptors (Lipinski definition) is 6. The second kappa shape index (κ2) is 7.43. The maximum atomic E-state index is 14.7. The maximum Gasteiger partial charge on any atom is 0.181 e. The Morgan fingerprint density at radius 3 is 2.93 bits per heavy atom. The fourth-order valence-corrected chi connectivity index (χ4v) is 3.06. The molecule has 6 nitrogen and oxygen atoms in total. The number of halogens is 1. The molecule has 0 saturated carbocycles. The van der Waals surface area contributed by atoms with E-state index in [2.05, 4.69) is 41.7 Å². The molecule has 4 aromatic heterocycles. The fraction of sp³-hybridized carbons (Fsp3) is 0.0526. The zero-order valence-electron chi connectivity index (χ0n) is 14.2. The van der Waals surface area contributed by atoms with E-state index in [1.54, 1.807) is 24.8 Å². The summed E-state index contributed by atoms with van der Waals surface area (Å²) in [6, 6.07) is 5.33. The number of hydrogen-bond donors (Lipinski definition) is 2. The topological polar surface area (TPSA) is 79.4 Å². The largest absolute Gasteiger partial charge is 0.308 e. The van der Waals surface area contributed by atoms with Gasteiger partial charge >= 0.3 is 0 Å². The molecule has 0 fully saturated rings. The number of aromatic amines is 1. The second-order valence-electron chi connectivity index (χ2n) is 5.71. The van der Waals surface area contributed by atoms with Crippen molar-refractivity contribution in [2.24, 2.45) is 0 Å². The van der Waals surface area contributed by atoms with Crippen LogP contribution in [0.25, 0.3) is 11.0 Å². The van der Waals surface area contributed by atoms with Gasteiger partial charge in [0.1, 0.15) is 0 Å². The minimum atomic E-state index is -0.504. The van der Waals surface area contributed by atoms with Crippen LogP contribution in [0.1, 0.15) is 16.7 Å². The molecule has 0 aromatic carbocycles. The fourth-order valence-electron chi connectivity index (χ4n) is 2.35. The highest BCUT2D eigenvalue weighted by Gasteiger charge is 2.08. The number of anilines is 1. The van der Waals surface area contributed by atoms with Crippen LogP contribution in [-0.2, 0) is 0 Å². The third-order valence-electron chi connectivity index (χ3n) is 3.64. The summed E-state index contributed by atoms with van der Waals surface area (Å²) in [6.45, 7) is 1.95. The van der Waals surface area contributed by atoms with Gasteiger partial charge < -0.3 is 4.72 Å². The molecule has 0 amide bonds. The van der Waals surface area contributed by atoms with E-state index < -0.39 is 5.82 Å². The average Bonchev–Trinajstić information content (AvgIpc) is 3.14. The highest BCUT2D eigenvalue weighted by atomic mass is 32.2. The Kier molecular flexibility index (Phi) is 4.68. The van der Waals surface area contributed by atoms with Crippen molar-refractivity contribution in [1.82, 2.24) is 25.1 Å². The van der Waals surface area contributed by atoms with Crippen molar-refractivity contribution in [3.63, 3.8) is 0 Å². The van der Waals surface area contributed by atoms with Gasteiger partial charge in [0.05, 0.1) is 11.8 Å². The molecule has 0 radical (unpaired) electrons. The number of nitrogens with zero attached hydrogens (tertiary/aromatic N) is 4. The quantitative estimate of drug-likeness (QED) is 0.419. The van der Waals surface area contributed by atoms with E-state index in [9.17, 15) is 4.39 Å². The van der Waals surface area contributed by atoms with Gasteiger partial charge in [-0.3, -0.25) is 10.1 Å². The number of fused-ring (bicyclic) bond motifs is 1. The minimum Gasteiger partial charge on any atom is -0.308 e. The molecule has 0 aliphatic rings. The molecule has 8 heteroatoms. The van der Waals surface area contributed by atoms with Crippen molar-refractivity contribution in [1.29, 1.82) is 0 Å². The summed E-state index contributed by atoms with van der Waals surface area (Å²) in [5.41, 5.74) is 2.64. The van der Waals surface area contributed by atoms with Crippen LogP contribution in [0.2, 0.25) is 0 Å². The Bertz CT molecular complexity index is 1180.